The van der Waals surface area contributed by atoms with E-state index in [-0.39, 0.29) is 5.60 Å². The van der Waals surface area contributed by atoms with Crippen LogP contribution in [0.4, 0.5) is 0 Å². The van der Waals surface area contributed by atoms with E-state index in [2.05, 4.69) is 33.0 Å². The van der Waals surface area contributed by atoms with Crippen LogP contribution in [-0.4, -0.2) is 24.8 Å². The summed E-state index contributed by atoms with van der Waals surface area (Å²) in [5, 5.41) is 3.87. The van der Waals surface area contributed by atoms with Crippen molar-refractivity contribution in [3.63, 3.8) is 0 Å². The van der Waals surface area contributed by atoms with Crippen molar-refractivity contribution in [3.8, 4) is 0 Å². The molecule has 0 aromatic carbocycles. The van der Waals surface area contributed by atoms with Crippen LogP contribution in [0.15, 0.2) is 0 Å². The number of nitrogens with one attached hydrogen (secondary N) is 1. The van der Waals surface area contributed by atoms with E-state index in [0.29, 0.717) is 6.04 Å². The Morgan fingerprint density at radius 3 is 2.00 bits per heavy atom. The van der Waals surface area contributed by atoms with Gasteiger partial charge in [0.15, 0.2) is 0 Å². The van der Waals surface area contributed by atoms with Gasteiger partial charge < -0.3 is 10.1 Å². The molecule has 1 aliphatic rings. The predicted molar refractivity (Wildman–Crippen MR) is 88.2 cm³/mol. The molecule has 1 atom stereocenters. The van der Waals surface area contributed by atoms with E-state index < -0.39 is 0 Å². The van der Waals surface area contributed by atoms with Crippen molar-refractivity contribution in [1.82, 2.24) is 5.32 Å². The summed E-state index contributed by atoms with van der Waals surface area (Å²) in [5.41, 5.74) is 0.0944. The van der Waals surface area contributed by atoms with Gasteiger partial charge in [0, 0.05) is 12.6 Å². The standard InChI is InChI=1S/C18H37NO/c1-5-15-19-17(16(6-2)7-3)18(20-8-4)13-11-9-10-12-14-18/h16-17,19H,5-15H2,1-4H3. The van der Waals surface area contributed by atoms with Crippen molar-refractivity contribution in [1.29, 1.82) is 0 Å². The fourth-order valence-corrected chi connectivity index (χ4v) is 4.00. The van der Waals surface area contributed by atoms with Crippen LogP contribution in [-0.2, 0) is 4.74 Å². The molecule has 0 bridgehead atoms. The van der Waals surface area contributed by atoms with E-state index in [1.54, 1.807) is 0 Å². The molecule has 1 fully saturated rings. The van der Waals surface area contributed by atoms with Gasteiger partial charge in [-0.05, 0) is 38.6 Å². The van der Waals surface area contributed by atoms with Crippen molar-refractivity contribution in [2.75, 3.05) is 13.2 Å². The van der Waals surface area contributed by atoms with Crippen molar-refractivity contribution >= 4 is 0 Å². The van der Waals surface area contributed by atoms with E-state index >= 15 is 0 Å². The Morgan fingerprint density at radius 1 is 0.950 bits per heavy atom. The van der Waals surface area contributed by atoms with Gasteiger partial charge in [0.05, 0.1) is 5.60 Å². The maximum atomic E-state index is 6.43. The first kappa shape index (κ1) is 18.0. The summed E-state index contributed by atoms with van der Waals surface area (Å²) in [4.78, 5) is 0. The van der Waals surface area contributed by atoms with Gasteiger partial charge in [-0.2, -0.15) is 0 Å². The van der Waals surface area contributed by atoms with Crippen LogP contribution in [0.2, 0.25) is 0 Å². The maximum Gasteiger partial charge on any atom is 0.0837 e. The molecule has 1 N–H and O–H groups in total. The van der Waals surface area contributed by atoms with E-state index in [9.17, 15) is 0 Å². The van der Waals surface area contributed by atoms with E-state index in [1.165, 1.54) is 57.8 Å². The highest BCUT2D eigenvalue weighted by Crippen LogP contribution is 2.37. The molecule has 0 heterocycles. The van der Waals surface area contributed by atoms with Gasteiger partial charge in [0.1, 0.15) is 0 Å². The zero-order valence-corrected chi connectivity index (χ0v) is 14.3. The topological polar surface area (TPSA) is 21.3 Å². The zero-order chi connectivity index (χ0) is 14.8. The molecule has 0 aliphatic heterocycles. The Hall–Kier alpha value is -0.0800. The summed E-state index contributed by atoms with van der Waals surface area (Å²) in [6.07, 6.45) is 11.7. The predicted octanol–water partition coefficient (Wildman–Crippen LogP) is 4.92. The fraction of sp³-hybridized carbons (Fsp3) is 1.00. The van der Waals surface area contributed by atoms with E-state index in [0.717, 1.165) is 19.1 Å². The second kappa shape index (κ2) is 9.78. The first-order chi connectivity index (χ1) is 9.74. The molecule has 1 aliphatic carbocycles. The molecule has 120 valence electrons. The molecule has 1 saturated carbocycles. The molecule has 0 radical (unpaired) electrons. The van der Waals surface area contributed by atoms with Crippen LogP contribution in [0.1, 0.15) is 85.5 Å². The normalized spacial score (nSPS) is 20.9. The van der Waals surface area contributed by atoms with Crippen LogP contribution in [0.3, 0.4) is 0 Å². The number of hydrogen-bond acceptors (Lipinski definition) is 2. The Balaban J connectivity index is 2.93. The Morgan fingerprint density at radius 2 is 1.55 bits per heavy atom. The summed E-state index contributed by atoms with van der Waals surface area (Å²) in [5.74, 6) is 0.742. The van der Waals surface area contributed by atoms with Crippen molar-refractivity contribution in [2.24, 2.45) is 5.92 Å². The second-order valence-corrected chi connectivity index (χ2v) is 6.42. The third kappa shape index (κ3) is 4.73. The van der Waals surface area contributed by atoms with E-state index in [4.69, 9.17) is 4.74 Å². The minimum atomic E-state index is 0.0944. The molecule has 2 nitrogen and oxygen atoms in total. The summed E-state index contributed by atoms with van der Waals surface area (Å²) >= 11 is 0. The third-order valence-electron chi connectivity index (χ3n) is 5.08. The van der Waals surface area contributed by atoms with Crippen molar-refractivity contribution in [3.05, 3.63) is 0 Å². The summed E-state index contributed by atoms with van der Waals surface area (Å²) < 4.78 is 6.43. The molecule has 0 aromatic heterocycles. The molecular formula is C18H37NO. The van der Waals surface area contributed by atoms with Crippen molar-refractivity contribution < 1.29 is 4.74 Å². The Kier molecular flexibility index (Phi) is 8.79. The molecule has 0 amide bonds. The van der Waals surface area contributed by atoms with Crippen molar-refractivity contribution in [2.45, 2.75) is 97.1 Å². The highest BCUT2D eigenvalue weighted by molar-refractivity contribution is 4.97. The first-order valence-electron chi connectivity index (χ1n) is 9.11. The summed E-state index contributed by atoms with van der Waals surface area (Å²) in [6, 6.07) is 0.537. The molecule has 0 saturated heterocycles. The second-order valence-electron chi connectivity index (χ2n) is 6.42. The van der Waals surface area contributed by atoms with Gasteiger partial charge in [-0.3, -0.25) is 0 Å². The monoisotopic (exact) mass is 283 g/mol. The molecular weight excluding hydrogens is 246 g/mol. The van der Waals surface area contributed by atoms with E-state index in [1.807, 2.05) is 0 Å². The Bertz CT molecular complexity index is 230. The van der Waals surface area contributed by atoms with Crippen LogP contribution >= 0.6 is 0 Å². The van der Waals surface area contributed by atoms with Crippen LogP contribution in [0.25, 0.3) is 0 Å². The molecule has 20 heavy (non-hydrogen) atoms. The quantitative estimate of drug-likeness (QED) is 0.606. The fourth-order valence-electron chi connectivity index (χ4n) is 4.00. The zero-order valence-electron chi connectivity index (χ0n) is 14.3. The lowest BCUT2D eigenvalue weighted by atomic mass is 9.77. The van der Waals surface area contributed by atoms with Gasteiger partial charge >= 0.3 is 0 Å². The van der Waals surface area contributed by atoms with Crippen LogP contribution in [0, 0.1) is 5.92 Å². The molecule has 0 aromatic rings. The maximum absolute atomic E-state index is 6.43. The molecule has 0 spiro atoms. The lowest BCUT2D eigenvalue weighted by Crippen LogP contribution is -2.56. The molecule has 2 heteroatoms. The Labute approximate surface area is 127 Å². The smallest absolute Gasteiger partial charge is 0.0837 e. The number of rotatable bonds is 9. The number of hydrogen-bond donors (Lipinski definition) is 1. The average Bonchev–Trinajstić information content (AvgIpc) is 2.70. The van der Waals surface area contributed by atoms with Gasteiger partial charge in [0.25, 0.3) is 0 Å². The first-order valence-corrected chi connectivity index (χ1v) is 9.11. The highest BCUT2D eigenvalue weighted by Gasteiger charge is 2.42. The lowest BCUT2D eigenvalue weighted by Gasteiger charge is -2.44. The van der Waals surface area contributed by atoms with Crippen LogP contribution < -0.4 is 5.32 Å². The minimum absolute atomic E-state index is 0.0944. The summed E-state index contributed by atoms with van der Waals surface area (Å²) in [6.45, 7) is 11.1. The SMILES string of the molecule is CCCNC(C(CC)CC)C1(OCC)CCCCCC1. The lowest BCUT2D eigenvalue weighted by molar-refractivity contribution is -0.0908. The van der Waals surface area contributed by atoms with Gasteiger partial charge in [-0.25, -0.2) is 0 Å². The summed E-state index contributed by atoms with van der Waals surface area (Å²) in [7, 11) is 0. The van der Waals surface area contributed by atoms with Gasteiger partial charge in [0.2, 0.25) is 0 Å². The number of ether oxygens (including phenoxy) is 1. The van der Waals surface area contributed by atoms with Crippen LogP contribution in [0.5, 0.6) is 0 Å². The largest absolute Gasteiger partial charge is 0.374 e. The third-order valence-corrected chi connectivity index (χ3v) is 5.08. The average molecular weight is 284 g/mol. The molecule has 1 rings (SSSR count). The highest BCUT2D eigenvalue weighted by atomic mass is 16.5. The minimum Gasteiger partial charge on any atom is -0.374 e. The molecule has 1 unspecified atom stereocenters. The van der Waals surface area contributed by atoms with Gasteiger partial charge in [-0.15, -0.1) is 0 Å². The van der Waals surface area contributed by atoms with Gasteiger partial charge in [-0.1, -0.05) is 59.3 Å².